The van der Waals surface area contributed by atoms with Gasteiger partial charge in [-0.2, -0.15) is 0 Å². The maximum Gasteiger partial charge on any atom is 0.381 e. The van der Waals surface area contributed by atoms with E-state index in [0.29, 0.717) is 11.7 Å². The van der Waals surface area contributed by atoms with Crippen molar-refractivity contribution < 1.29 is 9.53 Å². The first-order chi connectivity index (χ1) is 11.9. The fourth-order valence-electron chi connectivity index (χ4n) is 3.32. The van der Waals surface area contributed by atoms with Gasteiger partial charge in [0.15, 0.2) is 0 Å². The van der Waals surface area contributed by atoms with Gasteiger partial charge in [-0.1, -0.05) is 38.1 Å². The van der Waals surface area contributed by atoms with Crippen molar-refractivity contribution in [3.63, 3.8) is 0 Å². The zero-order valence-electron chi connectivity index (χ0n) is 15.6. The van der Waals surface area contributed by atoms with Crippen LogP contribution in [0.3, 0.4) is 0 Å². The second-order valence-corrected chi connectivity index (χ2v) is 6.96. The molecule has 0 radical (unpaired) electrons. The van der Waals surface area contributed by atoms with Gasteiger partial charge in [-0.25, -0.2) is 0 Å². The Kier molecular flexibility index (Phi) is 4.63. The number of hydrogen-bond acceptors (Lipinski definition) is 1. The van der Waals surface area contributed by atoms with E-state index in [1.165, 1.54) is 33.4 Å². The molecule has 0 saturated carbocycles. The molecule has 0 spiro atoms. The standard InChI is InChI=1S/C23H24O2/c1-14(2)18-8-6-15(3)23-19(10-16(4)20(23)13-18)11-17-7-9-21(24)22(12-17)25-5/h6-14H,1-5H3/p+1. The molecular weight excluding hydrogens is 308 g/mol. The Balaban J connectivity index is 2.14. The minimum atomic E-state index is 0.160. The van der Waals surface area contributed by atoms with Gasteiger partial charge in [0.2, 0.25) is 5.76 Å². The quantitative estimate of drug-likeness (QED) is 0.676. The molecule has 0 bridgehead atoms. The number of rotatable bonds is 3. The summed E-state index contributed by atoms with van der Waals surface area (Å²) in [5.74, 6) is 1.15. The average molecular weight is 333 g/mol. The minimum Gasteiger partial charge on any atom is -0.488 e. The molecule has 1 N–H and O–H groups in total. The summed E-state index contributed by atoms with van der Waals surface area (Å²) in [5, 5.41) is 0. The van der Waals surface area contributed by atoms with Crippen molar-refractivity contribution in [3.05, 3.63) is 76.1 Å². The average Bonchev–Trinajstić information content (AvgIpc) is 2.75. The molecule has 2 nitrogen and oxygen atoms in total. The van der Waals surface area contributed by atoms with Gasteiger partial charge in [0.25, 0.3) is 0 Å². The lowest BCUT2D eigenvalue weighted by atomic mass is 9.99. The van der Waals surface area contributed by atoms with E-state index in [1.807, 2.05) is 12.2 Å². The zero-order chi connectivity index (χ0) is 18.1. The summed E-state index contributed by atoms with van der Waals surface area (Å²) < 4.78 is 5.23. The molecule has 0 amide bonds. The van der Waals surface area contributed by atoms with E-state index < -0.39 is 0 Å². The SMILES string of the molecule is COC1=CC(=Cc2cc(C)c3cc(C(C)C)ccc(C)c2-3)C=CC1=[OH+]. The largest absolute Gasteiger partial charge is 0.488 e. The topological polar surface area (TPSA) is 30.6 Å². The fourth-order valence-corrected chi connectivity index (χ4v) is 3.32. The molecule has 3 rings (SSSR count). The van der Waals surface area contributed by atoms with E-state index in [0.717, 1.165) is 5.57 Å². The normalized spacial score (nSPS) is 16.0. The van der Waals surface area contributed by atoms with Gasteiger partial charge in [-0.15, -0.1) is 0 Å². The van der Waals surface area contributed by atoms with E-state index in [2.05, 4.69) is 58.0 Å². The highest BCUT2D eigenvalue weighted by atomic mass is 16.5. The van der Waals surface area contributed by atoms with Crippen molar-refractivity contribution in [1.82, 2.24) is 0 Å². The molecule has 25 heavy (non-hydrogen) atoms. The second-order valence-electron chi connectivity index (χ2n) is 6.96. The molecular formula is C23H25O2+. The molecule has 0 fully saturated rings. The van der Waals surface area contributed by atoms with Crippen LogP contribution in [0.1, 0.15) is 42.0 Å². The summed E-state index contributed by atoms with van der Waals surface area (Å²) in [6.45, 7) is 8.79. The Morgan fingerprint density at radius 1 is 1.04 bits per heavy atom. The highest BCUT2D eigenvalue weighted by Crippen LogP contribution is 2.37. The number of aryl methyl sites for hydroxylation is 2. The lowest BCUT2D eigenvalue weighted by Gasteiger charge is -2.06. The lowest BCUT2D eigenvalue weighted by molar-refractivity contribution is 0.310. The van der Waals surface area contributed by atoms with Gasteiger partial charge in [-0.3, -0.25) is 4.79 Å². The van der Waals surface area contributed by atoms with Crippen LogP contribution in [0.2, 0.25) is 0 Å². The fraction of sp³-hybridized carbons (Fsp3) is 0.261. The van der Waals surface area contributed by atoms with Gasteiger partial charge in [0.1, 0.15) is 0 Å². The second kappa shape index (κ2) is 6.72. The van der Waals surface area contributed by atoms with Crippen LogP contribution >= 0.6 is 0 Å². The van der Waals surface area contributed by atoms with Crippen molar-refractivity contribution in [1.29, 1.82) is 0 Å². The van der Waals surface area contributed by atoms with Gasteiger partial charge >= 0.3 is 5.78 Å². The third-order valence-electron chi connectivity index (χ3n) is 4.78. The Morgan fingerprint density at radius 2 is 1.80 bits per heavy atom. The van der Waals surface area contributed by atoms with Gasteiger partial charge < -0.3 is 4.74 Å². The smallest absolute Gasteiger partial charge is 0.381 e. The van der Waals surface area contributed by atoms with E-state index >= 15 is 0 Å². The minimum absolute atomic E-state index is 0.160. The number of methoxy groups -OCH3 is 1. The molecule has 0 heterocycles. The molecule has 128 valence electrons. The first kappa shape index (κ1) is 17.2. The van der Waals surface area contributed by atoms with E-state index in [-0.39, 0.29) is 5.78 Å². The molecule has 2 heteroatoms. The van der Waals surface area contributed by atoms with Gasteiger partial charge in [-0.05, 0) is 76.9 Å². The first-order valence-corrected chi connectivity index (χ1v) is 8.66. The van der Waals surface area contributed by atoms with E-state index in [9.17, 15) is 4.79 Å². The Bertz CT molecular complexity index is 895. The summed E-state index contributed by atoms with van der Waals surface area (Å²) in [6.07, 6.45) is 7.59. The number of carbonyl (C=O) groups excluding carboxylic acids is 1. The molecule has 0 aromatic heterocycles. The van der Waals surface area contributed by atoms with Crippen molar-refractivity contribution in [2.24, 2.45) is 0 Å². The van der Waals surface area contributed by atoms with Crippen molar-refractivity contribution in [2.45, 2.75) is 33.6 Å². The molecule has 0 unspecified atom stereocenters. The molecule has 0 aromatic carbocycles. The highest BCUT2D eigenvalue weighted by molar-refractivity contribution is 6.06. The maximum absolute atomic E-state index is 9.80. The van der Waals surface area contributed by atoms with Crippen LogP contribution in [0.15, 0.2) is 53.8 Å². The maximum atomic E-state index is 9.80. The number of hydrogen-bond donors (Lipinski definition) is 0. The molecule has 0 aliphatic heterocycles. The molecule has 3 aliphatic rings. The summed E-state index contributed by atoms with van der Waals surface area (Å²) in [4.78, 5) is 9.80. The van der Waals surface area contributed by atoms with Crippen molar-refractivity contribution >= 4 is 11.9 Å². The zero-order valence-corrected chi connectivity index (χ0v) is 15.6. The van der Waals surface area contributed by atoms with Crippen LogP contribution in [0.4, 0.5) is 0 Å². The summed E-state index contributed by atoms with van der Waals surface area (Å²) in [7, 11) is 1.57. The number of allylic oxidation sites excluding steroid dienone is 4. The third kappa shape index (κ3) is 3.30. The summed E-state index contributed by atoms with van der Waals surface area (Å²) >= 11 is 0. The van der Waals surface area contributed by atoms with Crippen LogP contribution in [0.5, 0.6) is 0 Å². The van der Waals surface area contributed by atoms with Crippen LogP contribution < -0.4 is 0 Å². The monoisotopic (exact) mass is 333 g/mol. The highest BCUT2D eigenvalue weighted by Gasteiger charge is 2.19. The number of fused-ring (bicyclic) bond motifs is 1. The van der Waals surface area contributed by atoms with E-state index in [1.54, 1.807) is 13.2 Å². The summed E-state index contributed by atoms with van der Waals surface area (Å²) in [6, 6.07) is 9.00. The molecule has 3 aliphatic carbocycles. The van der Waals surface area contributed by atoms with Gasteiger partial charge in [0, 0.05) is 6.08 Å². The predicted octanol–water partition coefficient (Wildman–Crippen LogP) is 5.56. The molecule has 0 saturated heterocycles. The van der Waals surface area contributed by atoms with Crippen LogP contribution in [-0.4, -0.2) is 17.7 Å². The molecule has 0 aromatic rings. The number of ether oxygens (including phenoxy) is 1. The Morgan fingerprint density at radius 3 is 2.48 bits per heavy atom. The summed E-state index contributed by atoms with van der Waals surface area (Å²) in [5.41, 5.74) is 8.71. The van der Waals surface area contributed by atoms with Crippen LogP contribution in [0.25, 0.3) is 17.2 Å². The van der Waals surface area contributed by atoms with Crippen LogP contribution in [-0.2, 0) is 4.74 Å². The molecule has 0 atom stereocenters. The lowest BCUT2D eigenvalue weighted by Crippen LogP contribution is -2.05. The van der Waals surface area contributed by atoms with Crippen LogP contribution in [0, 0.1) is 13.8 Å². The van der Waals surface area contributed by atoms with Crippen molar-refractivity contribution in [3.8, 4) is 11.1 Å². The van der Waals surface area contributed by atoms with Crippen molar-refractivity contribution in [2.75, 3.05) is 7.11 Å². The van der Waals surface area contributed by atoms with Gasteiger partial charge in [0.05, 0.1) is 7.11 Å². The Labute approximate surface area is 149 Å². The van der Waals surface area contributed by atoms with E-state index in [4.69, 9.17) is 4.74 Å². The Hall–Kier alpha value is -2.61. The number of ketones is 1. The predicted molar refractivity (Wildman–Crippen MR) is 106 cm³/mol. The first-order valence-electron chi connectivity index (χ1n) is 8.66. The third-order valence-corrected chi connectivity index (χ3v) is 4.78.